The SMILES string of the molecule is C/C=C\CSC(Nc1ccc(-c2ccc3c(c2)c2ccccc2n3C(C)(C)C)cc1)C(CCc1ccccc1)c1ccccc1. The van der Waals surface area contributed by atoms with Crippen molar-refractivity contribution >= 4 is 39.3 Å². The van der Waals surface area contributed by atoms with Gasteiger partial charge in [0.15, 0.2) is 0 Å². The van der Waals surface area contributed by atoms with E-state index in [-0.39, 0.29) is 10.9 Å². The van der Waals surface area contributed by atoms with Gasteiger partial charge in [-0.15, -0.1) is 11.8 Å². The number of hydrogen-bond acceptors (Lipinski definition) is 2. The van der Waals surface area contributed by atoms with Gasteiger partial charge in [0.25, 0.3) is 0 Å². The standard InChI is InChI=1S/C42H44N2S/c1-5-6-29-45-41(36(33-17-11-8-12-18-33)27-21-31-15-9-7-10-16-31)43-35-25-22-32(23-26-35)34-24-28-40-38(30-34)37-19-13-14-20-39(37)44(40)42(2,3)4/h5-20,22-26,28,30,36,41,43H,21,27,29H2,1-4H3/b6-5-. The molecular formula is C42H44N2S. The molecule has 2 atom stereocenters. The number of para-hydroxylation sites is 1. The quantitative estimate of drug-likeness (QED) is 0.116. The second kappa shape index (κ2) is 13.8. The molecule has 228 valence electrons. The van der Waals surface area contributed by atoms with Gasteiger partial charge >= 0.3 is 0 Å². The van der Waals surface area contributed by atoms with E-state index in [2.05, 4.69) is 177 Å². The summed E-state index contributed by atoms with van der Waals surface area (Å²) in [5, 5.41) is 6.81. The van der Waals surface area contributed by atoms with E-state index in [1.165, 1.54) is 44.1 Å². The van der Waals surface area contributed by atoms with E-state index in [9.17, 15) is 0 Å². The Balaban J connectivity index is 1.29. The molecule has 2 nitrogen and oxygen atoms in total. The number of allylic oxidation sites excluding steroid dienone is 1. The molecule has 1 N–H and O–H groups in total. The van der Waals surface area contributed by atoms with Crippen molar-refractivity contribution in [3.05, 3.63) is 151 Å². The molecule has 0 saturated carbocycles. The number of fused-ring (bicyclic) bond motifs is 3. The molecule has 6 aromatic rings. The lowest BCUT2D eigenvalue weighted by Gasteiger charge is -2.29. The molecule has 0 bridgehead atoms. The van der Waals surface area contributed by atoms with E-state index >= 15 is 0 Å². The lowest BCUT2D eigenvalue weighted by Crippen LogP contribution is -2.25. The van der Waals surface area contributed by atoms with Crippen molar-refractivity contribution in [3.8, 4) is 11.1 Å². The summed E-state index contributed by atoms with van der Waals surface area (Å²) in [7, 11) is 0. The van der Waals surface area contributed by atoms with Crippen LogP contribution in [0.25, 0.3) is 32.9 Å². The van der Waals surface area contributed by atoms with Crippen molar-refractivity contribution < 1.29 is 0 Å². The van der Waals surface area contributed by atoms with Crippen LogP contribution in [0.15, 0.2) is 140 Å². The smallest absolute Gasteiger partial charge is 0.0794 e. The van der Waals surface area contributed by atoms with E-state index in [4.69, 9.17) is 0 Å². The highest BCUT2D eigenvalue weighted by atomic mass is 32.2. The summed E-state index contributed by atoms with van der Waals surface area (Å²) < 4.78 is 2.47. The molecule has 0 aliphatic heterocycles. The fourth-order valence-electron chi connectivity index (χ4n) is 6.47. The Morgan fingerprint density at radius 2 is 1.36 bits per heavy atom. The lowest BCUT2D eigenvalue weighted by molar-refractivity contribution is 0.423. The van der Waals surface area contributed by atoms with Gasteiger partial charge in [0.05, 0.1) is 5.37 Å². The summed E-state index contributed by atoms with van der Waals surface area (Å²) in [6.07, 6.45) is 6.54. The Morgan fingerprint density at radius 1 is 0.711 bits per heavy atom. The fraction of sp³-hybridized carbons (Fsp3) is 0.238. The zero-order chi connectivity index (χ0) is 31.2. The van der Waals surface area contributed by atoms with Gasteiger partial charge < -0.3 is 9.88 Å². The van der Waals surface area contributed by atoms with Crippen LogP contribution in [0, 0.1) is 0 Å². The number of benzene rings is 5. The summed E-state index contributed by atoms with van der Waals surface area (Å²) in [6, 6.07) is 46.7. The Kier molecular flexibility index (Phi) is 9.47. The Morgan fingerprint density at radius 3 is 2.07 bits per heavy atom. The van der Waals surface area contributed by atoms with E-state index in [1.54, 1.807) is 0 Å². The summed E-state index contributed by atoms with van der Waals surface area (Å²) in [5.74, 6) is 1.34. The molecule has 1 aromatic heterocycles. The molecule has 2 unspecified atom stereocenters. The Labute approximate surface area is 273 Å². The van der Waals surface area contributed by atoms with Crippen LogP contribution in [-0.4, -0.2) is 15.7 Å². The number of aryl methyl sites for hydroxylation is 1. The first kappa shape index (κ1) is 30.8. The van der Waals surface area contributed by atoms with Gasteiger partial charge in [-0.25, -0.2) is 0 Å². The van der Waals surface area contributed by atoms with Crippen molar-refractivity contribution in [2.45, 2.75) is 57.4 Å². The number of anilines is 1. The van der Waals surface area contributed by atoms with Gasteiger partial charge in [-0.3, -0.25) is 0 Å². The first-order chi connectivity index (χ1) is 21.9. The highest BCUT2D eigenvalue weighted by Crippen LogP contribution is 2.37. The molecule has 0 radical (unpaired) electrons. The Bertz CT molecular complexity index is 1860. The monoisotopic (exact) mass is 608 g/mol. The summed E-state index contributed by atoms with van der Waals surface area (Å²) in [4.78, 5) is 0. The summed E-state index contributed by atoms with van der Waals surface area (Å²) in [6.45, 7) is 8.95. The number of nitrogens with one attached hydrogen (secondary N) is 1. The third kappa shape index (κ3) is 7.05. The maximum atomic E-state index is 3.95. The highest BCUT2D eigenvalue weighted by Gasteiger charge is 2.24. The molecular weight excluding hydrogens is 565 g/mol. The zero-order valence-electron chi connectivity index (χ0n) is 26.9. The molecule has 0 spiro atoms. The van der Waals surface area contributed by atoms with Crippen molar-refractivity contribution in [2.75, 3.05) is 11.1 Å². The maximum Gasteiger partial charge on any atom is 0.0794 e. The number of rotatable bonds is 11. The third-order valence-electron chi connectivity index (χ3n) is 8.66. The predicted octanol–water partition coefficient (Wildman–Crippen LogP) is 11.7. The van der Waals surface area contributed by atoms with Crippen LogP contribution in [0.1, 0.15) is 51.2 Å². The largest absolute Gasteiger partial charge is 0.373 e. The summed E-state index contributed by atoms with van der Waals surface area (Å²) in [5.41, 5.74) is 8.99. The van der Waals surface area contributed by atoms with E-state index in [0.717, 1.165) is 24.3 Å². The molecule has 0 aliphatic carbocycles. The van der Waals surface area contributed by atoms with Gasteiger partial charge in [-0.05, 0) is 93.1 Å². The molecule has 0 amide bonds. The zero-order valence-corrected chi connectivity index (χ0v) is 27.7. The summed E-state index contributed by atoms with van der Waals surface area (Å²) >= 11 is 1.99. The molecule has 0 saturated heterocycles. The number of nitrogens with zero attached hydrogens (tertiary/aromatic N) is 1. The van der Waals surface area contributed by atoms with E-state index in [1.807, 2.05) is 11.8 Å². The molecule has 45 heavy (non-hydrogen) atoms. The van der Waals surface area contributed by atoms with Crippen molar-refractivity contribution in [1.82, 2.24) is 4.57 Å². The van der Waals surface area contributed by atoms with Crippen molar-refractivity contribution in [1.29, 1.82) is 0 Å². The Hall–Kier alpha value is -4.21. The van der Waals surface area contributed by atoms with Gasteiger partial charge in [0, 0.05) is 44.7 Å². The van der Waals surface area contributed by atoms with Crippen LogP contribution in [0.2, 0.25) is 0 Å². The molecule has 5 aromatic carbocycles. The van der Waals surface area contributed by atoms with Crippen LogP contribution in [-0.2, 0) is 12.0 Å². The second-order valence-corrected chi connectivity index (χ2v) is 14.0. The van der Waals surface area contributed by atoms with E-state index in [0.29, 0.717) is 5.92 Å². The average molecular weight is 609 g/mol. The van der Waals surface area contributed by atoms with Gasteiger partial charge in [-0.2, -0.15) is 0 Å². The second-order valence-electron chi connectivity index (χ2n) is 12.8. The molecule has 0 fully saturated rings. The molecule has 0 aliphatic rings. The number of hydrogen-bond donors (Lipinski definition) is 1. The van der Waals surface area contributed by atoms with Gasteiger partial charge in [0.1, 0.15) is 0 Å². The normalized spacial score (nSPS) is 13.4. The molecule has 3 heteroatoms. The maximum absolute atomic E-state index is 3.95. The molecule has 1 heterocycles. The highest BCUT2D eigenvalue weighted by molar-refractivity contribution is 8.00. The third-order valence-corrected chi connectivity index (χ3v) is 9.85. The first-order valence-corrected chi connectivity index (χ1v) is 17.2. The fourth-order valence-corrected chi connectivity index (χ4v) is 7.73. The van der Waals surface area contributed by atoms with Crippen LogP contribution in [0.3, 0.4) is 0 Å². The van der Waals surface area contributed by atoms with Crippen molar-refractivity contribution in [2.24, 2.45) is 0 Å². The predicted molar refractivity (Wildman–Crippen MR) is 199 cm³/mol. The average Bonchev–Trinajstić information content (AvgIpc) is 3.41. The number of aromatic nitrogens is 1. The minimum absolute atomic E-state index is 0.00361. The minimum atomic E-state index is -0.00361. The van der Waals surface area contributed by atoms with Gasteiger partial charge in [0.2, 0.25) is 0 Å². The minimum Gasteiger partial charge on any atom is -0.373 e. The number of thioether (sulfide) groups is 1. The van der Waals surface area contributed by atoms with Crippen LogP contribution in [0.5, 0.6) is 0 Å². The van der Waals surface area contributed by atoms with Gasteiger partial charge in [-0.1, -0.05) is 109 Å². The van der Waals surface area contributed by atoms with Crippen LogP contribution >= 0.6 is 11.8 Å². The van der Waals surface area contributed by atoms with Crippen LogP contribution < -0.4 is 5.32 Å². The van der Waals surface area contributed by atoms with E-state index < -0.39 is 0 Å². The van der Waals surface area contributed by atoms with Crippen LogP contribution in [0.4, 0.5) is 5.69 Å². The topological polar surface area (TPSA) is 17.0 Å². The first-order valence-electron chi connectivity index (χ1n) is 16.1. The van der Waals surface area contributed by atoms with Crippen molar-refractivity contribution in [3.63, 3.8) is 0 Å². The lowest BCUT2D eigenvalue weighted by atomic mass is 9.91. The molecule has 6 rings (SSSR count).